The Morgan fingerprint density at radius 3 is 2.33 bits per heavy atom. The standard InChI is InChI=1S/C9H16N2O4/c1-5(12)6(7(13)14)11-8(15)9(4-10)2-3-9/h5-6,12H,2-4,10H2,1H3,(H,11,15)(H,13,14). The van der Waals surface area contributed by atoms with Gasteiger partial charge in [-0.25, -0.2) is 4.79 Å². The number of rotatable bonds is 5. The number of aliphatic hydroxyl groups is 1. The van der Waals surface area contributed by atoms with Gasteiger partial charge in [0.05, 0.1) is 11.5 Å². The van der Waals surface area contributed by atoms with Crippen LogP contribution >= 0.6 is 0 Å². The number of carbonyl (C=O) groups is 2. The summed E-state index contributed by atoms with van der Waals surface area (Å²) in [5.74, 6) is -1.62. The zero-order valence-electron chi connectivity index (χ0n) is 8.56. The molecule has 0 saturated heterocycles. The zero-order chi connectivity index (χ0) is 11.6. The summed E-state index contributed by atoms with van der Waals surface area (Å²) in [5, 5.41) is 20.2. The Bertz CT molecular complexity index is 273. The van der Waals surface area contributed by atoms with Crippen molar-refractivity contribution in [3.8, 4) is 0 Å². The van der Waals surface area contributed by atoms with Crippen LogP contribution in [0.1, 0.15) is 19.8 Å². The third-order valence-electron chi connectivity index (χ3n) is 2.76. The van der Waals surface area contributed by atoms with Crippen molar-refractivity contribution in [1.82, 2.24) is 5.32 Å². The minimum atomic E-state index is -1.26. The molecule has 6 heteroatoms. The number of nitrogens with one attached hydrogen (secondary N) is 1. The fourth-order valence-electron chi connectivity index (χ4n) is 1.36. The first-order valence-corrected chi connectivity index (χ1v) is 4.85. The maximum absolute atomic E-state index is 11.6. The van der Waals surface area contributed by atoms with E-state index >= 15 is 0 Å². The van der Waals surface area contributed by atoms with E-state index < -0.39 is 23.5 Å². The van der Waals surface area contributed by atoms with Crippen molar-refractivity contribution in [2.75, 3.05) is 6.54 Å². The fraction of sp³-hybridized carbons (Fsp3) is 0.778. The number of hydrogen-bond acceptors (Lipinski definition) is 4. The molecule has 6 nitrogen and oxygen atoms in total. The normalized spacial score (nSPS) is 21.5. The highest BCUT2D eigenvalue weighted by Gasteiger charge is 2.49. The van der Waals surface area contributed by atoms with Crippen LogP contribution in [0, 0.1) is 5.41 Å². The molecular weight excluding hydrogens is 200 g/mol. The molecule has 2 atom stereocenters. The van der Waals surface area contributed by atoms with Crippen molar-refractivity contribution in [3.05, 3.63) is 0 Å². The van der Waals surface area contributed by atoms with E-state index in [-0.39, 0.29) is 12.5 Å². The van der Waals surface area contributed by atoms with Gasteiger partial charge in [0.1, 0.15) is 0 Å². The van der Waals surface area contributed by atoms with Crippen LogP contribution in [0.2, 0.25) is 0 Å². The zero-order valence-corrected chi connectivity index (χ0v) is 8.56. The van der Waals surface area contributed by atoms with Crippen LogP contribution < -0.4 is 11.1 Å². The highest BCUT2D eigenvalue weighted by atomic mass is 16.4. The first-order chi connectivity index (χ1) is 6.93. The first kappa shape index (κ1) is 11.9. The molecule has 2 unspecified atom stereocenters. The van der Waals surface area contributed by atoms with Crippen molar-refractivity contribution in [2.24, 2.45) is 11.1 Å². The van der Waals surface area contributed by atoms with Crippen LogP contribution in [0.25, 0.3) is 0 Å². The topological polar surface area (TPSA) is 113 Å². The van der Waals surface area contributed by atoms with Crippen molar-refractivity contribution < 1.29 is 19.8 Å². The molecule has 5 N–H and O–H groups in total. The maximum atomic E-state index is 11.6. The lowest BCUT2D eigenvalue weighted by molar-refractivity contribution is -0.145. The molecule has 1 aliphatic rings. The molecule has 0 aromatic heterocycles. The van der Waals surface area contributed by atoms with E-state index in [1.54, 1.807) is 0 Å². The van der Waals surface area contributed by atoms with Crippen LogP contribution in [0.3, 0.4) is 0 Å². The van der Waals surface area contributed by atoms with E-state index in [1.807, 2.05) is 0 Å². The second-order valence-electron chi connectivity index (χ2n) is 4.01. The minimum Gasteiger partial charge on any atom is -0.480 e. The maximum Gasteiger partial charge on any atom is 0.328 e. The van der Waals surface area contributed by atoms with Gasteiger partial charge in [0.15, 0.2) is 6.04 Å². The van der Waals surface area contributed by atoms with E-state index in [0.29, 0.717) is 12.8 Å². The number of hydrogen-bond donors (Lipinski definition) is 4. The van der Waals surface area contributed by atoms with Crippen LogP contribution in [0.5, 0.6) is 0 Å². The SMILES string of the molecule is CC(O)C(NC(=O)C1(CN)CC1)C(=O)O. The number of carboxylic acid groups (broad SMARTS) is 1. The second-order valence-corrected chi connectivity index (χ2v) is 4.01. The molecule has 0 aliphatic heterocycles. The van der Waals surface area contributed by atoms with Gasteiger partial charge in [0.25, 0.3) is 0 Å². The summed E-state index contributed by atoms with van der Waals surface area (Å²) in [5.41, 5.74) is 4.83. The average Bonchev–Trinajstić information content (AvgIpc) is 2.93. The highest BCUT2D eigenvalue weighted by Crippen LogP contribution is 2.44. The Balaban J connectivity index is 2.59. The second kappa shape index (κ2) is 4.16. The number of amides is 1. The van der Waals surface area contributed by atoms with Crippen LogP contribution in [0.15, 0.2) is 0 Å². The van der Waals surface area contributed by atoms with Gasteiger partial charge in [0, 0.05) is 6.54 Å². The first-order valence-electron chi connectivity index (χ1n) is 4.85. The summed E-state index contributed by atoms with van der Waals surface area (Å²) in [4.78, 5) is 22.3. The van der Waals surface area contributed by atoms with Crippen LogP contribution in [-0.2, 0) is 9.59 Å². The van der Waals surface area contributed by atoms with Gasteiger partial charge in [-0.2, -0.15) is 0 Å². The van der Waals surface area contributed by atoms with Crippen LogP contribution in [0.4, 0.5) is 0 Å². The van der Waals surface area contributed by atoms with E-state index in [9.17, 15) is 9.59 Å². The van der Waals surface area contributed by atoms with Gasteiger partial charge in [-0.05, 0) is 19.8 Å². The number of aliphatic carboxylic acids is 1. The number of carboxylic acids is 1. The summed E-state index contributed by atoms with van der Waals surface area (Å²) < 4.78 is 0. The van der Waals surface area contributed by atoms with Gasteiger partial charge in [-0.3, -0.25) is 4.79 Å². The van der Waals surface area contributed by atoms with E-state index in [2.05, 4.69) is 5.32 Å². The molecule has 1 amide bonds. The van der Waals surface area contributed by atoms with Crippen LogP contribution in [-0.4, -0.2) is 40.8 Å². The van der Waals surface area contributed by atoms with Gasteiger partial charge in [0.2, 0.25) is 5.91 Å². The molecule has 0 spiro atoms. The van der Waals surface area contributed by atoms with E-state index in [4.69, 9.17) is 15.9 Å². The molecule has 0 radical (unpaired) electrons. The molecule has 0 heterocycles. The Kier molecular flexibility index (Phi) is 3.31. The molecule has 1 fully saturated rings. The molecule has 0 aromatic carbocycles. The number of carbonyl (C=O) groups excluding carboxylic acids is 1. The van der Waals surface area contributed by atoms with Crippen molar-refractivity contribution in [2.45, 2.75) is 31.9 Å². The Morgan fingerprint density at radius 2 is 2.07 bits per heavy atom. The average molecular weight is 216 g/mol. The van der Waals surface area contributed by atoms with Gasteiger partial charge < -0.3 is 21.3 Å². The van der Waals surface area contributed by atoms with Gasteiger partial charge in [-0.1, -0.05) is 0 Å². The molecule has 15 heavy (non-hydrogen) atoms. The smallest absolute Gasteiger partial charge is 0.328 e. The van der Waals surface area contributed by atoms with E-state index in [1.165, 1.54) is 6.92 Å². The summed E-state index contributed by atoms with van der Waals surface area (Å²) >= 11 is 0. The molecule has 1 saturated carbocycles. The Labute approximate surface area is 87.5 Å². The number of nitrogens with two attached hydrogens (primary N) is 1. The largest absolute Gasteiger partial charge is 0.480 e. The summed E-state index contributed by atoms with van der Waals surface area (Å²) in [7, 11) is 0. The predicted octanol–water partition coefficient (Wildman–Crippen LogP) is -1.32. The summed E-state index contributed by atoms with van der Waals surface area (Å²) in [6.45, 7) is 1.53. The number of aliphatic hydroxyl groups excluding tert-OH is 1. The Hall–Kier alpha value is -1.14. The predicted molar refractivity (Wildman–Crippen MR) is 52.0 cm³/mol. The molecule has 1 aliphatic carbocycles. The van der Waals surface area contributed by atoms with E-state index in [0.717, 1.165) is 0 Å². The monoisotopic (exact) mass is 216 g/mol. The van der Waals surface area contributed by atoms with Gasteiger partial charge >= 0.3 is 5.97 Å². The fourth-order valence-corrected chi connectivity index (χ4v) is 1.36. The molecule has 1 rings (SSSR count). The lowest BCUT2D eigenvalue weighted by atomic mass is 10.1. The quantitative estimate of drug-likeness (QED) is 0.455. The Morgan fingerprint density at radius 1 is 1.53 bits per heavy atom. The summed E-state index contributed by atoms with van der Waals surface area (Å²) in [6, 6.07) is -1.26. The van der Waals surface area contributed by atoms with Crippen molar-refractivity contribution in [1.29, 1.82) is 0 Å². The molecule has 0 bridgehead atoms. The lowest BCUT2D eigenvalue weighted by Gasteiger charge is -2.20. The highest BCUT2D eigenvalue weighted by molar-refractivity contribution is 5.89. The van der Waals surface area contributed by atoms with Crippen molar-refractivity contribution in [3.63, 3.8) is 0 Å². The van der Waals surface area contributed by atoms with Crippen molar-refractivity contribution >= 4 is 11.9 Å². The summed E-state index contributed by atoms with van der Waals surface area (Å²) in [6.07, 6.45) is 0.239. The third kappa shape index (κ3) is 2.45. The minimum absolute atomic E-state index is 0.213. The molecule has 0 aromatic rings. The molecular formula is C9H16N2O4. The third-order valence-corrected chi connectivity index (χ3v) is 2.76. The lowest BCUT2D eigenvalue weighted by Crippen LogP contribution is -2.51. The van der Waals surface area contributed by atoms with Gasteiger partial charge in [-0.15, -0.1) is 0 Å². The molecule has 86 valence electrons.